The largest absolute Gasteiger partial charge is 0.493 e. The normalized spacial score (nSPS) is 11.1. The minimum atomic E-state index is 0.723. The van der Waals surface area contributed by atoms with Gasteiger partial charge in [0.1, 0.15) is 22.5 Å². The molecular weight excluding hydrogens is 300 g/mol. The van der Waals surface area contributed by atoms with Crippen molar-refractivity contribution >= 4 is 21.8 Å². The van der Waals surface area contributed by atoms with E-state index in [2.05, 4.69) is 35.9 Å². The molecule has 24 heavy (non-hydrogen) atoms. The number of nitrogens with zero attached hydrogens (tertiary/aromatic N) is 2. The predicted molar refractivity (Wildman–Crippen MR) is 97.9 cm³/mol. The lowest BCUT2D eigenvalue weighted by Gasteiger charge is -2.12. The monoisotopic (exact) mass is 324 g/mol. The summed E-state index contributed by atoms with van der Waals surface area (Å²) in [7, 11) is 0. The van der Waals surface area contributed by atoms with Crippen LogP contribution in [0.3, 0.4) is 0 Å². The maximum Gasteiger partial charge on any atom is 0.130 e. The summed E-state index contributed by atoms with van der Waals surface area (Å²) in [6.07, 6.45) is 7.90. The molecule has 0 aliphatic heterocycles. The highest BCUT2D eigenvalue weighted by Crippen LogP contribution is 2.33. The molecule has 0 saturated heterocycles. The molecule has 0 N–H and O–H groups in total. The fraction of sp³-hybridized carbons (Fsp3) is 0.400. The summed E-state index contributed by atoms with van der Waals surface area (Å²) in [5.41, 5.74) is 1.73. The molecule has 0 fully saturated rings. The molecule has 0 atom stereocenters. The van der Waals surface area contributed by atoms with E-state index in [0.29, 0.717) is 0 Å². The van der Waals surface area contributed by atoms with Crippen LogP contribution in [-0.2, 0) is 0 Å². The number of aromatic nitrogens is 2. The van der Waals surface area contributed by atoms with E-state index in [-0.39, 0.29) is 0 Å². The third-order valence-electron chi connectivity index (χ3n) is 4.05. The zero-order valence-corrected chi connectivity index (χ0v) is 14.4. The lowest BCUT2D eigenvalue weighted by Crippen LogP contribution is -1.99. The van der Waals surface area contributed by atoms with Crippen molar-refractivity contribution in [1.82, 2.24) is 9.97 Å². The molecule has 0 radical (unpaired) electrons. The van der Waals surface area contributed by atoms with Gasteiger partial charge in [-0.15, -0.1) is 0 Å². The second-order valence-corrected chi connectivity index (χ2v) is 5.88. The highest BCUT2D eigenvalue weighted by Gasteiger charge is 2.11. The lowest BCUT2D eigenvalue weighted by atomic mass is 10.1. The summed E-state index contributed by atoms with van der Waals surface area (Å²) < 4.78 is 11.8. The van der Waals surface area contributed by atoms with Crippen LogP contribution < -0.4 is 9.47 Å². The predicted octanol–water partition coefficient (Wildman–Crippen LogP) is 5.14. The molecule has 0 spiro atoms. The van der Waals surface area contributed by atoms with Crippen molar-refractivity contribution in [1.29, 1.82) is 0 Å². The van der Waals surface area contributed by atoms with Crippen molar-refractivity contribution in [3.8, 4) is 11.5 Å². The summed E-state index contributed by atoms with van der Waals surface area (Å²) in [6.45, 7) is 5.76. The first-order valence-electron chi connectivity index (χ1n) is 8.77. The van der Waals surface area contributed by atoms with Gasteiger partial charge in [-0.2, -0.15) is 0 Å². The molecule has 0 aliphatic rings. The first-order valence-corrected chi connectivity index (χ1v) is 8.77. The van der Waals surface area contributed by atoms with Gasteiger partial charge in [-0.05, 0) is 37.1 Å². The van der Waals surface area contributed by atoms with Gasteiger partial charge in [0.05, 0.1) is 13.2 Å². The molecule has 3 aromatic rings. The number of rotatable bonds is 8. The first kappa shape index (κ1) is 16.5. The zero-order valence-electron chi connectivity index (χ0n) is 14.4. The zero-order chi connectivity index (χ0) is 16.8. The van der Waals surface area contributed by atoms with Crippen LogP contribution in [0.2, 0.25) is 0 Å². The molecule has 1 aromatic carbocycles. The van der Waals surface area contributed by atoms with Crippen molar-refractivity contribution in [2.24, 2.45) is 0 Å². The fourth-order valence-electron chi connectivity index (χ4n) is 2.68. The SMILES string of the molecule is CCCCOc1ccnc2c1ccc1c(OCCCC)ccnc12. The van der Waals surface area contributed by atoms with Crippen molar-refractivity contribution < 1.29 is 9.47 Å². The molecular formula is C20H24N2O2. The van der Waals surface area contributed by atoms with Gasteiger partial charge in [-0.3, -0.25) is 9.97 Å². The van der Waals surface area contributed by atoms with E-state index in [1.807, 2.05) is 12.1 Å². The lowest BCUT2D eigenvalue weighted by molar-refractivity contribution is 0.312. The number of pyridine rings is 2. The molecule has 126 valence electrons. The van der Waals surface area contributed by atoms with Gasteiger partial charge in [0.25, 0.3) is 0 Å². The Kier molecular flexibility index (Phi) is 5.47. The highest BCUT2D eigenvalue weighted by atomic mass is 16.5. The summed E-state index contributed by atoms with van der Waals surface area (Å²) >= 11 is 0. The van der Waals surface area contributed by atoms with Gasteiger partial charge in [0.2, 0.25) is 0 Å². The van der Waals surface area contributed by atoms with Crippen molar-refractivity contribution in [3.05, 3.63) is 36.7 Å². The van der Waals surface area contributed by atoms with E-state index < -0.39 is 0 Å². The van der Waals surface area contributed by atoms with Crippen LogP contribution in [0.4, 0.5) is 0 Å². The first-order chi connectivity index (χ1) is 11.8. The number of hydrogen-bond acceptors (Lipinski definition) is 4. The Balaban J connectivity index is 2.01. The third-order valence-corrected chi connectivity index (χ3v) is 4.05. The summed E-state index contributed by atoms with van der Waals surface area (Å²) in [4.78, 5) is 9.08. The highest BCUT2D eigenvalue weighted by molar-refractivity contribution is 6.06. The van der Waals surface area contributed by atoms with Crippen LogP contribution in [-0.4, -0.2) is 23.2 Å². The summed E-state index contributed by atoms with van der Waals surface area (Å²) in [5, 5.41) is 2.00. The van der Waals surface area contributed by atoms with Crippen LogP contribution in [0.15, 0.2) is 36.7 Å². The molecule has 0 bridgehead atoms. The second-order valence-electron chi connectivity index (χ2n) is 5.88. The Morgan fingerprint density at radius 2 is 1.17 bits per heavy atom. The topological polar surface area (TPSA) is 44.2 Å². The Morgan fingerprint density at radius 3 is 1.58 bits per heavy atom. The standard InChI is InChI=1S/C20H24N2O2/c1-3-5-13-23-17-9-11-21-19-15(17)7-8-16-18(24-14-6-4-2)10-12-22-20(16)19/h7-12H,3-6,13-14H2,1-2H3. The number of benzene rings is 1. The summed E-state index contributed by atoms with van der Waals surface area (Å²) in [6, 6.07) is 7.96. The Hall–Kier alpha value is -2.36. The van der Waals surface area contributed by atoms with E-state index in [4.69, 9.17) is 9.47 Å². The van der Waals surface area contributed by atoms with Crippen LogP contribution in [0.1, 0.15) is 39.5 Å². The molecule has 0 amide bonds. The molecule has 0 unspecified atom stereocenters. The minimum Gasteiger partial charge on any atom is -0.493 e. The maximum atomic E-state index is 5.92. The van der Waals surface area contributed by atoms with E-state index in [0.717, 1.165) is 72.2 Å². The second kappa shape index (κ2) is 7.95. The molecule has 4 nitrogen and oxygen atoms in total. The van der Waals surface area contributed by atoms with E-state index in [9.17, 15) is 0 Å². The number of ether oxygens (including phenoxy) is 2. The molecule has 2 heterocycles. The van der Waals surface area contributed by atoms with Crippen LogP contribution in [0.25, 0.3) is 21.8 Å². The van der Waals surface area contributed by atoms with Crippen LogP contribution >= 0.6 is 0 Å². The number of fused-ring (bicyclic) bond motifs is 3. The maximum absolute atomic E-state index is 5.92. The smallest absolute Gasteiger partial charge is 0.130 e. The van der Waals surface area contributed by atoms with Gasteiger partial charge in [0, 0.05) is 23.2 Å². The van der Waals surface area contributed by atoms with Crippen molar-refractivity contribution in [2.75, 3.05) is 13.2 Å². The van der Waals surface area contributed by atoms with Crippen molar-refractivity contribution in [2.45, 2.75) is 39.5 Å². The molecule has 3 rings (SSSR count). The Morgan fingerprint density at radius 1 is 0.708 bits per heavy atom. The molecule has 2 aromatic heterocycles. The Labute approximate surface area is 142 Å². The van der Waals surface area contributed by atoms with Gasteiger partial charge in [-0.25, -0.2) is 0 Å². The average Bonchev–Trinajstić information content (AvgIpc) is 2.62. The Bertz CT molecular complexity index is 748. The molecule has 0 aliphatic carbocycles. The molecule has 4 heteroatoms. The third kappa shape index (κ3) is 3.42. The van der Waals surface area contributed by atoms with Crippen LogP contribution in [0.5, 0.6) is 11.5 Å². The van der Waals surface area contributed by atoms with E-state index in [1.165, 1.54) is 0 Å². The molecule has 0 saturated carbocycles. The van der Waals surface area contributed by atoms with Gasteiger partial charge >= 0.3 is 0 Å². The average molecular weight is 324 g/mol. The number of hydrogen-bond donors (Lipinski definition) is 0. The van der Waals surface area contributed by atoms with Crippen molar-refractivity contribution in [3.63, 3.8) is 0 Å². The minimum absolute atomic E-state index is 0.723. The van der Waals surface area contributed by atoms with E-state index in [1.54, 1.807) is 12.4 Å². The van der Waals surface area contributed by atoms with Crippen LogP contribution in [0, 0.1) is 0 Å². The van der Waals surface area contributed by atoms with Gasteiger partial charge in [0.15, 0.2) is 0 Å². The summed E-state index contributed by atoms with van der Waals surface area (Å²) in [5.74, 6) is 1.74. The fourth-order valence-corrected chi connectivity index (χ4v) is 2.68. The van der Waals surface area contributed by atoms with Gasteiger partial charge < -0.3 is 9.47 Å². The quantitative estimate of drug-likeness (QED) is 0.425. The van der Waals surface area contributed by atoms with E-state index >= 15 is 0 Å². The number of unbranched alkanes of at least 4 members (excludes halogenated alkanes) is 2. The van der Waals surface area contributed by atoms with Gasteiger partial charge in [-0.1, -0.05) is 26.7 Å².